The number of hydrogen-bond donors (Lipinski definition) is 1. The van der Waals surface area contributed by atoms with E-state index in [1.54, 1.807) is 0 Å². The van der Waals surface area contributed by atoms with Crippen LogP contribution in [0.5, 0.6) is 0 Å². The second kappa shape index (κ2) is 4.31. The van der Waals surface area contributed by atoms with Gasteiger partial charge < -0.3 is 5.32 Å². The number of fused-ring (bicyclic) bond motifs is 2. The number of amides is 1. The number of nitrogens with one attached hydrogen (secondary N) is 1. The van der Waals surface area contributed by atoms with Crippen LogP contribution in [-0.4, -0.2) is 10.9 Å². The maximum atomic E-state index is 11.3. The standard InChI is InChI=1S/C15H13N3O/c1-10(19)16-12-7-5-9-14-15(12)17-11-6-3-4-8-13(11)18(14)2/h3-9H,1-2H3/p+1. The zero-order valence-corrected chi connectivity index (χ0v) is 10.8. The van der Waals surface area contributed by atoms with Gasteiger partial charge in [-0.2, -0.15) is 4.57 Å². The Kier molecular flexibility index (Phi) is 2.63. The molecule has 0 saturated heterocycles. The highest BCUT2D eigenvalue weighted by atomic mass is 16.1. The van der Waals surface area contributed by atoms with Crippen molar-refractivity contribution in [2.45, 2.75) is 6.92 Å². The lowest BCUT2D eigenvalue weighted by atomic mass is 10.2. The van der Waals surface area contributed by atoms with Gasteiger partial charge in [0.15, 0.2) is 5.52 Å². The van der Waals surface area contributed by atoms with E-state index in [0.717, 1.165) is 27.8 Å². The normalized spacial score (nSPS) is 10.8. The summed E-state index contributed by atoms with van der Waals surface area (Å²) in [7, 11) is 2.00. The SMILES string of the molecule is CC(=O)Nc1cccc2c1nc1ccccc1[n+]2C. The molecule has 0 bridgehead atoms. The Morgan fingerprint density at radius 1 is 1.11 bits per heavy atom. The van der Waals surface area contributed by atoms with Crippen LogP contribution < -0.4 is 9.88 Å². The van der Waals surface area contributed by atoms with Crippen molar-refractivity contribution in [2.75, 3.05) is 5.32 Å². The molecule has 4 heteroatoms. The first-order chi connectivity index (χ1) is 9.16. The number of carbonyl (C=O) groups is 1. The van der Waals surface area contributed by atoms with Crippen LogP contribution in [0.25, 0.3) is 22.1 Å². The Labute approximate surface area is 110 Å². The maximum Gasteiger partial charge on any atom is 0.233 e. The van der Waals surface area contributed by atoms with E-state index >= 15 is 0 Å². The lowest BCUT2D eigenvalue weighted by Crippen LogP contribution is -2.30. The summed E-state index contributed by atoms with van der Waals surface area (Å²) in [5, 5.41) is 2.82. The molecule has 3 aromatic rings. The smallest absolute Gasteiger partial charge is 0.233 e. The van der Waals surface area contributed by atoms with Gasteiger partial charge in [0.05, 0.1) is 5.69 Å². The first-order valence-corrected chi connectivity index (χ1v) is 6.12. The van der Waals surface area contributed by atoms with Crippen LogP contribution in [0.3, 0.4) is 0 Å². The molecule has 0 aliphatic heterocycles. The van der Waals surface area contributed by atoms with Gasteiger partial charge in [-0.15, -0.1) is 0 Å². The molecule has 1 aromatic heterocycles. The third-order valence-electron chi connectivity index (χ3n) is 3.16. The van der Waals surface area contributed by atoms with Crippen LogP contribution in [0.1, 0.15) is 6.92 Å². The summed E-state index contributed by atoms with van der Waals surface area (Å²) >= 11 is 0. The monoisotopic (exact) mass is 252 g/mol. The molecule has 0 atom stereocenters. The van der Waals surface area contributed by atoms with E-state index in [-0.39, 0.29) is 5.91 Å². The van der Waals surface area contributed by atoms with Gasteiger partial charge in [-0.05, 0) is 12.1 Å². The van der Waals surface area contributed by atoms with Crippen LogP contribution in [0.4, 0.5) is 5.69 Å². The second-order valence-electron chi connectivity index (χ2n) is 4.51. The number of hydrogen-bond acceptors (Lipinski definition) is 2. The molecule has 1 N–H and O–H groups in total. The molecule has 94 valence electrons. The highest BCUT2D eigenvalue weighted by Gasteiger charge is 2.15. The van der Waals surface area contributed by atoms with Gasteiger partial charge in [0.2, 0.25) is 16.9 Å². The van der Waals surface area contributed by atoms with Crippen molar-refractivity contribution in [3.8, 4) is 0 Å². The zero-order chi connectivity index (χ0) is 13.4. The minimum atomic E-state index is -0.0925. The first kappa shape index (κ1) is 11.6. The molecule has 1 amide bonds. The molecule has 0 aliphatic carbocycles. The molecule has 4 nitrogen and oxygen atoms in total. The molecule has 0 fully saturated rings. The molecule has 0 radical (unpaired) electrons. The maximum absolute atomic E-state index is 11.3. The number of para-hydroxylation sites is 3. The van der Waals surface area contributed by atoms with Gasteiger partial charge >= 0.3 is 0 Å². The summed E-state index contributed by atoms with van der Waals surface area (Å²) in [6.07, 6.45) is 0. The van der Waals surface area contributed by atoms with Gasteiger partial charge in [-0.1, -0.05) is 18.2 Å². The molecule has 0 aliphatic rings. The Bertz CT molecular complexity index is 796. The van der Waals surface area contributed by atoms with Crippen molar-refractivity contribution in [1.82, 2.24) is 4.98 Å². The third kappa shape index (κ3) is 1.91. The lowest BCUT2D eigenvalue weighted by molar-refractivity contribution is -0.617. The molecule has 1 heterocycles. The van der Waals surface area contributed by atoms with Gasteiger partial charge in [0.1, 0.15) is 12.6 Å². The number of carbonyl (C=O) groups excluding carboxylic acids is 1. The Hall–Kier alpha value is -2.49. The Morgan fingerprint density at radius 2 is 1.84 bits per heavy atom. The lowest BCUT2D eigenvalue weighted by Gasteiger charge is -2.06. The number of aryl methyl sites for hydroxylation is 1. The molecule has 0 unspecified atom stereocenters. The van der Waals surface area contributed by atoms with Gasteiger partial charge in [-0.25, -0.2) is 4.98 Å². The average molecular weight is 252 g/mol. The summed E-state index contributed by atoms with van der Waals surface area (Å²) < 4.78 is 2.09. The molecular formula is C15H14N3O+. The van der Waals surface area contributed by atoms with E-state index < -0.39 is 0 Å². The van der Waals surface area contributed by atoms with Crippen molar-refractivity contribution in [2.24, 2.45) is 7.05 Å². The van der Waals surface area contributed by atoms with Crippen LogP contribution in [0.15, 0.2) is 42.5 Å². The van der Waals surface area contributed by atoms with E-state index in [1.165, 1.54) is 6.92 Å². The molecular weight excluding hydrogens is 238 g/mol. The fourth-order valence-corrected chi connectivity index (χ4v) is 2.30. The molecule has 2 aromatic carbocycles. The van der Waals surface area contributed by atoms with Crippen LogP contribution >= 0.6 is 0 Å². The van der Waals surface area contributed by atoms with Crippen molar-refractivity contribution in [1.29, 1.82) is 0 Å². The van der Waals surface area contributed by atoms with Crippen molar-refractivity contribution in [3.05, 3.63) is 42.5 Å². The molecule has 0 saturated carbocycles. The predicted octanol–water partition coefficient (Wildman–Crippen LogP) is 2.17. The van der Waals surface area contributed by atoms with Crippen molar-refractivity contribution >= 4 is 33.7 Å². The average Bonchev–Trinajstić information content (AvgIpc) is 2.40. The van der Waals surface area contributed by atoms with E-state index in [2.05, 4.69) is 14.9 Å². The van der Waals surface area contributed by atoms with Crippen LogP contribution in [0, 0.1) is 0 Å². The van der Waals surface area contributed by atoms with E-state index in [4.69, 9.17) is 0 Å². The van der Waals surface area contributed by atoms with E-state index in [1.807, 2.05) is 49.5 Å². The summed E-state index contributed by atoms with van der Waals surface area (Å²) in [4.78, 5) is 15.9. The third-order valence-corrected chi connectivity index (χ3v) is 3.16. The van der Waals surface area contributed by atoms with Crippen LogP contribution in [-0.2, 0) is 11.8 Å². The van der Waals surface area contributed by atoms with Gasteiger partial charge in [0.25, 0.3) is 0 Å². The number of benzene rings is 2. The van der Waals surface area contributed by atoms with Crippen molar-refractivity contribution < 1.29 is 9.36 Å². The van der Waals surface area contributed by atoms with Gasteiger partial charge in [-0.3, -0.25) is 4.79 Å². The fraction of sp³-hybridized carbons (Fsp3) is 0.133. The molecule has 0 spiro atoms. The van der Waals surface area contributed by atoms with E-state index in [0.29, 0.717) is 0 Å². The summed E-state index contributed by atoms with van der Waals surface area (Å²) in [6.45, 7) is 1.50. The number of nitrogens with zero attached hydrogens (tertiary/aromatic N) is 2. The zero-order valence-electron chi connectivity index (χ0n) is 10.8. The summed E-state index contributed by atoms with van der Waals surface area (Å²) in [5.74, 6) is -0.0925. The Balaban J connectivity index is 2.40. The predicted molar refractivity (Wildman–Crippen MR) is 74.7 cm³/mol. The van der Waals surface area contributed by atoms with E-state index in [9.17, 15) is 4.79 Å². The molecule has 3 rings (SSSR count). The summed E-state index contributed by atoms with van der Waals surface area (Å²) in [5.41, 5.74) is 4.51. The molecule has 19 heavy (non-hydrogen) atoms. The topological polar surface area (TPSA) is 45.9 Å². The van der Waals surface area contributed by atoms with Crippen LogP contribution in [0.2, 0.25) is 0 Å². The number of aromatic nitrogens is 2. The second-order valence-corrected chi connectivity index (χ2v) is 4.51. The minimum Gasteiger partial charge on any atom is -0.324 e. The highest BCUT2D eigenvalue weighted by molar-refractivity contribution is 5.98. The number of anilines is 1. The highest BCUT2D eigenvalue weighted by Crippen LogP contribution is 2.21. The first-order valence-electron chi connectivity index (χ1n) is 6.12. The van der Waals surface area contributed by atoms with Crippen molar-refractivity contribution in [3.63, 3.8) is 0 Å². The largest absolute Gasteiger partial charge is 0.324 e. The Morgan fingerprint density at radius 3 is 2.63 bits per heavy atom. The quantitative estimate of drug-likeness (QED) is 0.533. The minimum absolute atomic E-state index is 0.0925. The number of rotatable bonds is 1. The fourth-order valence-electron chi connectivity index (χ4n) is 2.30. The summed E-state index contributed by atoms with van der Waals surface area (Å²) in [6, 6.07) is 13.7. The van der Waals surface area contributed by atoms with Gasteiger partial charge in [0, 0.05) is 19.1 Å².